The highest BCUT2D eigenvalue weighted by atomic mass is 35.5. The fraction of sp³-hybridized carbons (Fsp3) is 0.263. The summed E-state index contributed by atoms with van der Waals surface area (Å²) in [5.41, 5.74) is 0.408. The van der Waals surface area contributed by atoms with Crippen molar-refractivity contribution in [1.82, 2.24) is 0 Å². The number of halogens is 2. The van der Waals surface area contributed by atoms with E-state index in [4.69, 9.17) is 27.9 Å². The number of ether oxygens (including phenoxy) is 1. The van der Waals surface area contributed by atoms with Gasteiger partial charge in [0.1, 0.15) is 5.69 Å². The molecular weight excluding hydrogens is 421 g/mol. The molecule has 1 saturated carbocycles. The van der Waals surface area contributed by atoms with Gasteiger partial charge in [0.05, 0.1) is 21.2 Å². The van der Waals surface area contributed by atoms with Gasteiger partial charge in [0.25, 0.3) is 11.6 Å². The monoisotopic (exact) mass is 437 g/mol. The van der Waals surface area contributed by atoms with Crippen LogP contribution in [0.25, 0.3) is 0 Å². The van der Waals surface area contributed by atoms with E-state index >= 15 is 0 Å². The molecule has 3 rings (SSSR count). The maximum Gasteiger partial charge on any atom is 0.339 e. The number of hydrogen-bond donors (Lipinski definition) is 2. The van der Waals surface area contributed by atoms with Gasteiger partial charge >= 0.3 is 5.97 Å². The Kier molecular flexibility index (Phi) is 6.24. The number of benzene rings is 2. The first-order valence-electron chi connectivity index (χ1n) is 8.76. The van der Waals surface area contributed by atoms with Crippen molar-refractivity contribution >= 4 is 52.1 Å². The van der Waals surface area contributed by atoms with Gasteiger partial charge in [-0.1, -0.05) is 23.2 Å². The molecule has 1 unspecified atom stereocenters. The second kappa shape index (κ2) is 8.67. The van der Waals surface area contributed by atoms with Crippen LogP contribution in [0.3, 0.4) is 0 Å². The first-order chi connectivity index (χ1) is 13.7. The summed E-state index contributed by atoms with van der Waals surface area (Å²) in [5.74, 6) is -1.46. The van der Waals surface area contributed by atoms with Crippen molar-refractivity contribution in [1.29, 1.82) is 0 Å². The lowest BCUT2D eigenvalue weighted by molar-refractivity contribution is -0.384. The number of nitrogens with one attached hydrogen (secondary N) is 2. The van der Waals surface area contributed by atoms with E-state index in [-0.39, 0.29) is 22.3 Å². The van der Waals surface area contributed by atoms with E-state index in [2.05, 4.69) is 10.6 Å². The number of amides is 1. The molecule has 0 aromatic heterocycles. The van der Waals surface area contributed by atoms with Crippen LogP contribution < -0.4 is 10.6 Å². The van der Waals surface area contributed by atoms with Crippen molar-refractivity contribution in [3.63, 3.8) is 0 Å². The van der Waals surface area contributed by atoms with Gasteiger partial charge in [-0.3, -0.25) is 14.9 Å². The van der Waals surface area contributed by atoms with Crippen molar-refractivity contribution in [2.75, 3.05) is 10.6 Å². The maximum absolute atomic E-state index is 12.4. The molecule has 2 aromatic rings. The minimum Gasteiger partial charge on any atom is -0.449 e. The van der Waals surface area contributed by atoms with Crippen LogP contribution in [0, 0.1) is 10.1 Å². The fourth-order valence-corrected chi connectivity index (χ4v) is 2.94. The third kappa shape index (κ3) is 5.36. The van der Waals surface area contributed by atoms with Crippen molar-refractivity contribution in [3.05, 3.63) is 62.1 Å². The first-order valence-corrected chi connectivity index (χ1v) is 9.52. The Labute approximate surface area is 176 Å². The molecule has 1 amide bonds. The molecule has 0 bridgehead atoms. The third-order valence-corrected chi connectivity index (χ3v) is 4.76. The quantitative estimate of drug-likeness (QED) is 0.370. The van der Waals surface area contributed by atoms with Gasteiger partial charge in [-0.05, 0) is 50.1 Å². The lowest BCUT2D eigenvalue weighted by atomic mass is 10.1. The molecule has 1 aliphatic carbocycles. The predicted octanol–water partition coefficient (Wildman–Crippen LogP) is 4.66. The minimum atomic E-state index is -1.16. The Morgan fingerprint density at radius 2 is 1.86 bits per heavy atom. The van der Waals surface area contributed by atoms with Gasteiger partial charge in [0.2, 0.25) is 0 Å². The molecule has 0 radical (unpaired) electrons. The molecule has 0 aliphatic heterocycles. The van der Waals surface area contributed by atoms with E-state index in [0.717, 1.165) is 18.9 Å². The van der Waals surface area contributed by atoms with Crippen LogP contribution in [0.1, 0.15) is 30.1 Å². The molecule has 1 atom stereocenters. The molecular formula is C19H17Cl2N3O5. The van der Waals surface area contributed by atoms with Gasteiger partial charge in [-0.2, -0.15) is 0 Å². The van der Waals surface area contributed by atoms with Crippen LogP contribution in [-0.4, -0.2) is 28.9 Å². The summed E-state index contributed by atoms with van der Waals surface area (Å²) in [6.07, 6.45) is 0.744. The van der Waals surface area contributed by atoms with Gasteiger partial charge in [-0.25, -0.2) is 4.79 Å². The molecule has 2 N–H and O–H groups in total. The van der Waals surface area contributed by atoms with E-state index in [1.165, 1.54) is 31.2 Å². The maximum atomic E-state index is 12.4. The van der Waals surface area contributed by atoms with Gasteiger partial charge in [-0.15, -0.1) is 0 Å². The SMILES string of the molecule is CC(OC(=O)c1ccc(NC2CC2)c([N+](=O)[O-])c1)C(=O)Nc1ccc(Cl)cc1Cl. The molecule has 1 fully saturated rings. The second-order valence-corrected chi connectivity index (χ2v) is 7.41. The third-order valence-electron chi connectivity index (χ3n) is 4.21. The number of carbonyl (C=O) groups is 2. The zero-order valence-corrected chi connectivity index (χ0v) is 16.8. The summed E-state index contributed by atoms with van der Waals surface area (Å²) in [5, 5.41) is 17.5. The first kappa shape index (κ1) is 20.9. The molecule has 0 spiro atoms. The Balaban J connectivity index is 1.67. The molecule has 10 heteroatoms. The van der Waals surface area contributed by atoms with E-state index in [0.29, 0.717) is 16.4 Å². The highest BCUT2D eigenvalue weighted by molar-refractivity contribution is 6.36. The van der Waals surface area contributed by atoms with Crippen molar-refractivity contribution in [3.8, 4) is 0 Å². The molecule has 1 aliphatic rings. The van der Waals surface area contributed by atoms with Crippen molar-refractivity contribution in [2.24, 2.45) is 0 Å². The van der Waals surface area contributed by atoms with E-state index in [9.17, 15) is 19.7 Å². The van der Waals surface area contributed by atoms with E-state index in [1.807, 2.05) is 0 Å². The summed E-state index contributed by atoms with van der Waals surface area (Å²) in [6, 6.07) is 8.77. The Bertz CT molecular complexity index is 978. The Hall–Kier alpha value is -2.84. The minimum absolute atomic E-state index is 0.0257. The second-order valence-electron chi connectivity index (χ2n) is 6.57. The highest BCUT2D eigenvalue weighted by Crippen LogP contribution is 2.32. The number of esters is 1. The summed E-state index contributed by atoms with van der Waals surface area (Å²) >= 11 is 11.8. The van der Waals surface area contributed by atoms with Crippen LogP contribution in [0.2, 0.25) is 10.0 Å². The number of nitro benzene ring substituents is 1. The average Bonchev–Trinajstić information content (AvgIpc) is 3.48. The zero-order valence-electron chi connectivity index (χ0n) is 15.3. The van der Waals surface area contributed by atoms with Crippen molar-refractivity contribution < 1.29 is 19.2 Å². The summed E-state index contributed by atoms with van der Waals surface area (Å²) in [6.45, 7) is 1.38. The van der Waals surface area contributed by atoms with Gasteiger partial charge in [0.15, 0.2) is 6.10 Å². The Morgan fingerprint density at radius 3 is 2.48 bits per heavy atom. The smallest absolute Gasteiger partial charge is 0.339 e. The van der Waals surface area contributed by atoms with Crippen LogP contribution in [0.5, 0.6) is 0 Å². The van der Waals surface area contributed by atoms with Crippen molar-refractivity contribution in [2.45, 2.75) is 31.9 Å². The van der Waals surface area contributed by atoms with Crippen LogP contribution in [-0.2, 0) is 9.53 Å². The number of nitrogens with zero attached hydrogens (tertiary/aromatic N) is 1. The van der Waals surface area contributed by atoms with Crippen LogP contribution in [0.15, 0.2) is 36.4 Å². The number of carbonyl (C=O) groups excluding carboxylic acids is 2. The molecule has 2 aromatic carbocycles. The number of anilines is 2. The highest BCUT2D eigenvalue weighted by Gasteiger charge is 2.27. The topological polar surface area (TPSA) is 111 Å². The zero-order chi connectivity index (χ0) is 21.1. The summed E-state index contributed by atoms with van der Waals surface area (Å²) in [4.78, 5) is 35.4. The lowest BCUT2D eigenvalue weighted by Gasteiger charge is -2.14. The fourth-order valence-electron chi connectivity index (χ4n) is 2.49. The number of rotatable bonds is 7. The number of hydrogen-bond acceptors (Lipinski definition) is 6. The summed E-state index contributed by atoms with van der Waals surface area (Å²) in [7, 11) is 0. The summed E-state index contributed by atoms with van der Waals surface area (Å²) < 4.78 is 5.14. The molecule has 29 heavy (non-hydrogen) atoms. The Morgan fingerprint density at radius 1 is 1.17 bits per heavy atom. The van der Waals surface area contributed by atoms with Gasteiger partial charge < -0.3 is 15.4 Å². The van der Waals surface area contributed by atoms with E-state index in [1.54, 1.807) is 6.07 Å². The van der Waals surface area contributed by atoms with Crippen LogP contribution >= 0.6 is 23.2 Å². The standard InChI is InChI=1S/C19H17Cl2N3O5/c1-10(18(25)23-15-7-3-12(20)9-14(15)21)29-19(26)11-2-6-16(22-13-4-5-13)17(8-11)24(27)28/h2-3,6-10,13,22H,4-5H2,1H3,(H,23,25). The largest absolute Gasteiger partial charge is 0.449 e. The molecule has 0 heterocycles. The van der Waals surface area contributed by atoms with E-state index < -0.39 is 22.9 Å². The predicted molar refractivity (Wildman–Crippen MR) is 110 cm³/mol. The van der Waals surface area contributed by atoms with Crippen LogP contribution in [0.4, 0.5) is 17.1 Å². The molecule has 8 nitrogen and oxygen atoms in total. The van der Waals surface area contributed by atoms with Gasteiger partial charge in [0, 0.05) is 17.1 Å². The number of nitro groups is 1. The molecule has 152 valence electrons. The normalized spacial score (nSPS) is 14.0. The molecule has 0 saturated heterocycles. The lowest BCUT2D eigenvalue weighted by Crippen LogP contribution is -2.30. The average molecular weight is 438 g/mol.